The second kappa shape index (κ2) is 5.32. The Kier molecular flexibility index (Phi) is 4.33. The molecule has 0 amide bonds. The fourth-order valence-electron chi connectivity index (χ4n) is 2.28. The van der Waals surface area contributed by atoms with Crippen LogP contribution in [0.2, 0.25) is 0 Å². The molecule has 0 fully saturated rings. The Labute approximate surface area is 101 Å². The van der Waals surface area contributed by atoms with Crippen molar-refractivity contribution in [1.29, 1.82) is 0 Å². The number of carboxylic acids is 1. The predicted molar refractivity (Wildman–Crippen MR) is 64.8 cm³/mol. The number of hydrogen-bond acceptors (Lipinski definition) is 2. The molecule has 4 heteroatoms. The number of rotatable bonds is 3. The molecule has 2 rings (SSSR count). The number of hydrogen-bond donors (Lipinski definition) is 2. The highest BCUT2D eigenvalue weighted by Crippen LogP contribution is 2.28. The highest BCUT2D eigenvalue weighted by Gasteiger charge is 2.25. The molecule has 1 aromatic carbocycles. The topological polar surface area (TPSA) is 63.3 Å². The van der Waals surface area contributed by atoms with Crippen LogP contribution in [0.25, 0.3) is 0 Å². The molecule has 16 heavy (non-hydrogen) atoms. The first-order valence-corrected chi connectivity index (χ1v) is 5.22. The molecule has 0 aliphatic heterocycles. The summed E-state index contributed by atoms with van der Waals surface area (Å²) in [6, 6.07) is 7.56. The van der Waals surface area contributed by atoms with Crippen LogP contribution in [0.4, 0.5) is 0 Å². The zero-order valence-electron chi connectivity index (χ0n) is 8.93. The Hall–Kier alpha value is -1.06. The van der Waals surface area contributed by atoms with E-state index < -0.39 is 12.0 Å². The van der Waals surface area contributed by atoms with E-state index in [2.05, 4.69) is 12.1 Å². The van der Waals surface area contributed by atoms with Gasteiger partial charge in [0.1, 0.15) is 6.04 Å². The maximum atomic E-state index is 10.6. The largest absolute Gasteiger partial charge is 0.480 e. The first kappa shape index (κ1) is 13.0. The number of carboxylic acid groups (broad SMARTS) is 1. The van der Waals surface area contributed by atoms with Crippen LogP contribution in [0.1, 0.15) is 17.5 Å². The Morgan fingerprint density at radius 1 is 1.38 bits per heavy atom. The summed E-state index contributed by atoms with van der Waals surface area (Å²) >= 11 is 0. The standard InChI is InChI=1S/C12H15NO2.ClH/c13-11(12(14)15)7-8-5-9-3-1-2-4-10(9)6-8;/h1-4,8,11H,5-7,13H2,(H,14,15);1H. The van der Waals surface area contributed by atoms with E-state index in [0.717, 1.165) is 12.8 Å². The van der Waals surface area contributed by atoms with Crippen LogP contribution in [0, 0.1) is 5.92 Å². The average molecular weight is 242 g/mol. The van der Waals surface area contributed by atoms with Crippen molar-refractivity contribution in [3.05, 3.63) is 35.4 Å². The molecule has 3 N–H and O–H groups in total. The molecule has 0 bridgehead atoms. The molecule has 0 radical (unpaired) electrons. The number of fused-ring (bicyclic) bond motifs is 1. The summed E-state index contributed by atoms with van der Waals surface area (Å²) in [7, 11) is 0. The molecule has 1 aromatic rings. The number of carbonyl (C=O) groups is 1. The zero-order chi connectivity index (χ0) is 10.8. The third-order valence-corrected chi connectivity index (χ3v) is 3.04. The van der Waals surface area contributed by atoms with Crippen molar-refractivity contribution in [3.8, 4) is 0 Å². The Bertz CT molecular complexity index is 356. The predicted octanol–water partition coefficient (Wildman–Crippen LogP) is 1.63. The van der Waals surface area contributed by atoms with Crippen LogP contribution < -0.4 is 5.73 Å². The summed E-state index contributed by atoms with van der Waals surface area (Å²) in [5.41, 5.74) is 8.23. The molecule has 0 spiro atoms. The molecule has 1 atom stereocenters. The second-order valence-corrected chi connectivity index (χ2v) is 4.22. The van der Waals surface area contributed by atoms with Crippen LogP contribution >= 0.6 is 12.4 Å². The molecule has 0 saturated heterocycles. The summed E-state index contributed by atoms with van der Waals surface area (Å²) in [6.45, 7) is 0. The zero-order valence-corrected chi connectivity index (χ0v) is 9.74. The number of nitrogens with two attached hydrogens (primary N) is 1. The summed E-state index contributed by atoms with van der Waals surface area (Å²) < 4.78 is 0. The quantitative estimate of drug-likeness (QED) is 0.846. The van der Waals surface area contributed by atoms with Gasteiger partial charge in [0.15, 0.2) is 0 Å². The van der Waals surface area contributed by atoms with E-state index in [1.54, 1.807) is 0 Å². The lowest BCUT2D eigenvalue weighted by Gasteiger charge is -2.11. The lowest BCUT2D eigenvalue weighted by molar-refractivity contribution is -0.138. The number of benzene rings is 1. The Morgan fingerprint density at radius 3 is 2.31 bits per heavy atom. The van der Waals surface area contributed by atoms with E-state index >= 15 is 0 Å². The highest BCUT2D eigenvalue weighted by atomic mass is 35.5. The van der Waals surface area contributed by atoms with Gasteiger partial charge < -0.3 is 10.8 Å². The molecule has 0 aromatic heterocycles. The fourth-order valence-corrected chi connectivity index (χ4v) is 2.28. The van der Waals surface area contributed by atoms with Crippen molar-refractivity contribution in [2.24, 2.45) is 11.7 Å². The molecular weight excluding hydrogens is 226 g/mol. The van der Waals surface area contributed by atoms with Crippen LogP contribution in [-0.2, 0) is 17.6 Å². The third-order valence-electron chi connectivity index (χ3n) is 3.04. The summed E-state index contributed by atoms with van der Waals surface area (Å²) in [6.07, 6.45) is 2.51. The van der Waals surface area contributed by atoms with Gasteiger partial charge in [-0.15, -0.1) is 12.4 Å². The van der Waals surface area contributed by atoms with E-state index in [1.807, 2.05) is 12.1 Å². The summed E-state index contributed by atoms with van der Waals surface area (Å²) in [5.74, 6) is -0.501. The first-order valence-electron chi connectivity index (χ1n) is 5.22. The summed E-state index contributed by atoms with van der Waals surface area (Å²) in [5, 5.41) is 8.73. The number of halogens is 1. The highest BCUT2D eigenvalue weighted by molar-refractivity contribution is 5.85. The van der Waals surface area contributed by atoms with Crippen molar-refractivity contribution in [2.45, 2.75) is 25.3 Å². The second-order valence-electron chi connectivity index (χ2n) is 4.22. The van der Waals surface area contributed by atoms with Crippen molar-refractivity contribution < 1.29 is 9.90 Å². The van der Waals surface area contributed by atoms with E-state index in [1.165, 1.54) is 11.1 Å². The Morgan fingerprint density at radius 2 is 1.88 bits per heavy atom. The smallest absolute Gasteiger partial charge is 0.320 e. The molecular formula is C12H16ClNO2. The molecule has 88 valence electrons. The molecule has 3 nitrogen and oxygen atoms in total. The van der Waals surface area contributed by atoms with Crippen LogP contribution in [0.3, 0.4) is 0 Å². The molecule has 1 aliphatic rings. The molecule has 1 unspecified atom stereocenters. The van der Waals surface area contributed by atoms with Gasteiger partial charge in [-0.1, -0.05) is 24.3 Å². The van der Waals surface area contributed by atoms with Crippen LogP contribution in [-0.4, -0.2) is 17.1 Å². The molecule has 0 heterocycles. The van der Waals surface area contributed by atoms with Gasteiger partial charge in [0.05, 0.1) is 0 Å². The van der Waals surface area contributed by atoms with Crippen molar-refractivity contribution in [3.63, 3.8) is 0 Å². The lowest BCUT2D eigenvalue weighted by atomic mass is 9.97. The minimum Gasteiger partial charge on any atom is -0.480 e. The molecule has 0 saturated carbocycles. The van der Waals surface area contributed by atoms with E-state index in [9.17, 15) is 4.79 Å². The molecule has 1 aliphatic carbocycles. The van der Waals surface area contributed by atoms with E-state index in [4.69, 9.17) is 10.8 Å². The van der Waals surface area contributed by atoms with Gasteiger partial charge in [-0.2, -0.15) is 0 Å². The first-order chi connectivity index (χ1) is 7.16. The van der Waals surface area contributed by atoms with Crippen LogP contribution in [0.5, 0.6) is 0 Å². The van der Waals surface area contributed by atoms with Crippen molar-refractivity contribution >= 4 is 18.4 Å². The average Bonchev–Trinajstić information content (AvgIpc) is 2.59. The van der Waals surface area contributed by atoms with Crippen molar-refractivity contribution in [2.75, 3.05) is 0 Å². The number of aliphatic carboxylic acids is 1. The lowest BCUT2D eigenvalue weighted by Crippen LogP contribution is -2.32. The van der Waals surface area contributed by atoms with E-state index in [-0.39, 0.29) is 12.4 Å². The van der Waals surface area contributed by atoms with Crippen molar-refractivity contribution in [1.82, 2.24) is 0 Å². The van der Waals surface area contributed by atoms with Gasteiger partial charge in [-0.25, -0.2) is 0 Å². The van der Waals surface area contributed by atoms with Gasteiger partial charge >= 0.3 is 5.97 Å². The summed E-state index contributed by atoms with van der Waals surface area (Å²) in [4.78, 5) is 10.6. The van der Waals surface area contributed by atoms with Gasteiger partial charge in [0.25, 0.3) is 0 Å². The third kappa shape index (κ3) is 2.74. The maximum Gasteiger partial charge on any atom is 0.320 e. The SMILES string of the molecule is Cl.NC(CC1Cc2ccccc2C1)C(=O)O. The maximum absolute atomic E-state index is 10.6. The minimum atomic E-state index is -0.897. The normalized spacial score (nSPS) is 16.3. The van der Waals surface area contributed by atoms with Gasteiger partial charge in [0.2, 0.25) is 0 Å². The fraction of sp³-hybridized carbons (Fsp3) is 0.417. The van der Waals surface area contributed by atoms with Crippen LogP contribution in [0.15, 0.2) is 24.3 Å². The minimum absolute atomic E-state index is 0. The van der Waals surface area contributed by atoms with Gasteiger partial charge in [0, 0.05) is 0 Å². The monoisotopic (exact) mass is 241 g/mol. The van der Waals surface area contributed by atoms with Gasteiger partial charge in [-0.05, 0) is 36.3 Å². The van der Waals surface area contributed by atoms with Gasteiger partial charge in [-0.3, -0.25) is 4.79 Å². The Balaban J connectivity index is 0.00000128. The van der Waals surface area contributed by atoms with E-state index in [0.29, 0.717) is 12.3 Å².